The standard InChI is InChI=1S/C26H29NO2SSi/c1-16-13-19-15-20(31(4,5)6)11-12-22(19)23(25(16)29-3)24-21-10-8-7-9-18(21)14-17(2)26(24)30(27)28/h7-15H,27H2,1-6H3. The lowest BCUT2D eigenvalue weighted by molar-refractivity contribution is 0.414. The minimum atomic E-state index is -1.64. The van der Waals surface area contributed by atoms with Gasteiger partial charge >= 0.3 is 0 Å². The van der Waals surface area contributed by atoms with Gasteiger partial charge in [0, 0.05) is 11.1 Å². The molecular formula is C26H29NO2SSi. The van der Waals surface area contributed by atoms with Gasteiger partial charge in [-0.05, 0) is 52.6 Å². The number of rotatable bonds is 4. The summed E-state index contributed by atoms with van der Waals surface area (Å²) in [5.41, 5.74) is 3.85. The molecule has 0 bridgehead atoms. The lowest BCUT2D eigenvalue weighted by atomic mass is 9.90. The summed E-state index contributed by atoms with van der Waals surface area (Å²) in [6, 6.07) is 19.2. The molecular weight excluding hydrogens is 418 g/mol. The Morgan fingerprint density at radius 3 is 2.13 bits per heavy atom. The zero-order valence-electron chi connectivity index (χ0n) is 19.0. The van der Waals surface area contributed by atoms with Crippen molar-refractivity contribution in [1.82, 2.24) is 0 Å². The number of hydrogen-bond acceptors (Lipinski definition) is 2. The number of aryl methyl sites for hydroxylation is 2. The zero-order valence-corrected chi connectivity index (χ0v) is 20.8. The molecule has 4 rings (SSSR count). The molecule has 31 heavy (non-hydrogen) atoms. The molecule has 0 radical (unpaired) electrons. The Labute approximate surface area is 187 Å². The molecule has 0 aliphatic carbocycles. The Balaban J connectivity index is 2.24. The second kappa shape index (κ2) is 7.90. The van der Waals surface area contributed by atoms with Crippen LogP contribution in [0.3, 0.4) is 0 Å². The monoisotopic (exact) mass is 447 g/mol. The van der Waals surface area contributed by atoms with E-state index in [1.807, 2.05) is 19.1 Å². The van der Waals surface area contributed by atoms with Gasteiger partial charge in [0.15, 0.2) is 0 Å². The van der Waals surface area contributed by atoms with Gasteiger partial charge in [0.25, 0.3) is 0 Å². The first kappa shape index (κ1) is 21.7. The lowest BCUT2D eigenvalue weighted by Gasteiger charge is -2.22. The zero-order chi connectivity index (χ0) is 22.5. The van der Waals surface area contributed by atoms with Gasteiger partial charge in [-0.3, -0.25) is 0 Å². The first-order valence-corrected chi connectivity index (χ1v) is 15.2. The maximum Gasteiger partial charge on any atom is 0.130 e. The number of hydrogen-bond donors (Lipinski definition) is 1. The van der Waals surface area contributed by atoms with Gasteiger partial charge < -0.3 is 4.74 Å². The van der Waals surface area contributed by atoms with Gasteiger partial charge in [-0.15, -0.1) is 0 Å². The van der Waals surface area contributed by atoms with Crippen LogP contribution < -0.4 is 15.1 Å². The van der Waals surface area contributed by atoms with Crippen molar-refractivity contribution in [1.29, 1.82) is 0 Å². The largest absolute Gasteiger partial charge is 0.496 e. The summed E-state index contributed by atoms with van der Waals surface area (Å²) in [6.07, 6.45) is 0. The van der Waals surface area contributed by atoms with Crippen LogP contribution >= 0.6 is 0 Å². The van der Waals surface area contributed by atoms with Gasteiger partial charge in [-0.2, -0.15) is 0 Å². The molecule has 2 N–H and O–H groups in total. The Morgan fingerprint density at radius 1 is 0.839 bits per heavy atom. The van der Waals surface area contributed by atoms with Crippen molar-refractivity contribution in [3.8, 4) is 16.9 Å². The van der Waals surface area contributed by atoms with Crippen LogP contribution in [-0.4, -0.2) is 19.4 Å². The van der Waals surface area contributed by atoms with Gasteiger partial charge in [-0.25, -0.2) is 9.35 Å². The van der Waals surface area contributed by atoms with Crippen LogP contribution in [-0.2, 0) is 11.0 Å². The predicted octanol–water partition coefficient (Wildman–Crippen LogP) is 5.81. The molecule has 0 amide bonds. The van der Waals surface area contributed by atoms with Crippen LogP contribution in [0.15, 0.2) is 59.5 Å². The van der Waals surface area contributed by atoms with Crippen LogP contribution in [0, 0.1) is 13.8 Å². The fourth-order valence-corrected chi connectivity index (χ4v) is 6.44. The highest BCUT2D eigenvalue weighted by molar-refractivity contribution is 7.83. The first-order valence-electron chi connectivity index (χ1n) is 10.4. The quantitative estimate of drug-likeness (QED) is 0.401. The van der Waals surface area contributed by atoms with Crippen molar-refractivity contribution >= 4 is 45.8 Å². The normalized spacial score (nSPS) is 13.0. The third-order valence-corrected chi connectivity index (χ3v) is 8.96. The van der Waals surface area contributed by atoms with E-state index < -0.39 is 19.1 Å². The molecule has 0 aromatic heterocycles. The number of ether oxygens (including phenoxy) is 1. The van der Waals surface area contributed by atoms with Crippen LogP contribution in [0.2, 0.25) is 19.6 Å². The van der Waals surface area contributed by atoms with E-state index in [9.17, 15) is 4.21 Å². The molecule has 1 atom stereocenters. The van der Waals surface area contributed by atoms with Crippen molar-refractivity contribution in [2.24, 2.45) is 5.14 Å². The molecule has 5 heteroatoms. The van der Waals surface area contributed by atoms with Gasteiger partial charge in [0.1, 0.15) is 16.7 Å². The number of fused-ring (bicyclic) bond motifs is 2. The lowest BCUT2D eigenvalue weighted by Crippen LogP contribution is -2.37. The van der Waals surface area contributed by atoms with Crippen molar-refractivity contribution in [2.75, 3.05) is 7.11 Å². The number of benzene rings is 4. The molecule has 4 aromatic rings. The highest BCUT2D eigenvalue weighted by Crippen LogP contribution is 2.45. The molecule has 0 spiro atoms. The Kier molecular flexibility index (Phi) is 5.54. The van der Waals surface area contributed by atoms with E-state index in [0.717, 1.165) is 44.2 Å². The van der Waals surface area contributed by atoms with Crippen LogP contribution in [0.25, 0.3) is 32.7 Å². The molecule has 0 heterocycles. The van der Waals surface area contributed by atoms with Crippen LogP contribution in [0.5, 0.6) is 5.75 Å². The smallest absolute Gasteiger partial charge is 0.130 e. The minimum absolute atomic E-state index is 0.665. The maximum absolute atomic E-state index is 12.8. The molecule has 3 nitrogen and oxygen atoms in total. The maximum atomic E-state index is 12.8. The second-order valence-electron chi connectivity index (χ2n) is 9.20. The molecule has 0 saturated carbocycles. The number of methoxy groups -OCH3 is 1. The summed E-state index contributed by atoms with van der Waals surface area (Å²) in [5, 5.41) is 11.8. The topological polar surface area (TPSA) is 52.3 Å². The third kappa shape index (κ3) is 3.71. The Morgan fingerprint density at radius 2 is 1.48 bits per heavy atom. The third-order valence-electron chi connectivity index (χ3n) is 5.99. The molecule has 160 valence electrons. The van der Waals surface area contributed by atoms with Gasteiger partial charge in [0.2, 0.25) is 0 Å². The SMILES string of the molecule is COc1c(C)cc2cc([Si](C)(C)C)ccc2c1-c1c(S(N)=O)c(C)cc2ccccc12. The summed E-state index contributed by atoms with van der Waals surface area (Å²) in [7, 11) is -1.40. The van der Waals surface area contributed by atoms with E-state index >= 15 is 0 Å². The average Bonchev–Trinajstić information content (AvgIpc) is 2.70. The number of nitrogens with two attached hydrogens (primary N) is 1. The average molecular weight is 448 g/mol. The van der Waals surface area contributed by atoms with E-state index in [-0.39, 0.29) is 0 Å². The van der Waals surface area contributed by atoms with Crippen molar-refractivity contribution in [3.05, 3.63) is 65.7 Å². The Bertz CT molecular complexity index is 1360. The highest BCUT2D eigenvalue weighted by atomic mass is 32.2. The van der Waals surface area contributed by atoms with Crippen molar-refractivity contribution in [3.63, 3.8) is 0 Å². The van der Waals surface area contributed by atoms with E-state index in [1.165, 1.54) is 10.6 Å². The molecule has 0 aliphatic rings. The minimum Gasteiger partial charge on any atom is -0.496 e. The second-order valence-corrected chi connectivity index (χ2v) is 15.3. The summed E-state index contributed by atoms with van der Waals surface area (Å²) < 4.78 is 18.7. The molecule has 0 saturated heterocycles. The Hall–Kier alpha value is -2.47. The van der Waals surface area contributed by atoms with E-state index in [0.29, 0.717) is 4.90 Å². The summed E-state index contributed by atoms with van der Waals surface area (Å²) in [6.45, 7) is 11.1. The van der Waals surface area contributed by atoms with Crippen molar-refractivity contribution in [2.45, 2.75) is 38.4 Å². The van der Waals surface area contributed by atoms with Crippen molar-refractivity contribution < 1.29 is 8.95 Å². The van der Waals surface area contributed by atoms with Gasteiger partial charge in [-0.1, -0.05) is 73.4 Å². The molecule has 1 unspecified atom stereocenters. The molecule has 4 aromatic carbocycles. The predicted molar refractivity (Wildman–Crippen MR) is 136 cm³/mol. The van der Waals surface area contributed by atoms with Gasteiger partial charge in [0.05, 0.1) is 20.1 Å². The summed E-state index contributed by atoms with van der Waals surface area (Å²) in [5.74, 6) is 0.802. The first-order chi connectivity index (χ1) is 14.6. The summed E-state index contributed by atoms with van der Waals surface area (Å²) in [4.78, 5) is 0.665. The fourth-order valence-electron chi connectivity index (χ4n) is 4.48. The van der Waals surface area contributed by atoms with E-state index in [4.69, 9.17) is 9.88 Å². The highest BCUT2D eigenvalue weighted by Gasteiger charge is 2.24. The molecule has 0 aliphatic heterocycles. The fraction of sp³-hybridized carbons (Fsp3) is 0.231. The van der Waals surface area contributed by atoms with E-state index in [2.05, 4.69) is 69.0 Å². The van der Waals surface area contributed by atoms with Crippen LogP contribution in [0.4, 0.5) is 0 Å². The summed E-state index contributed by atoms with van der Waals surface area (Å²) >= 11 is 0. The molecule has 0 fully saturated rings. The van der Waals surface area contributed by atoms with E-state index in [1.54, 1.807) is 7.11 Å². The van der Waals surface area contributed by atoms with Crippen LogP contribution in [0.1, 0.15) is 11.1 Å².